The molecule has 1 fully saturated rings. The third kappa shape index (κ3) is 3.34. The molecule has 1 aliphatic rings. The zero-order valence-electron chi connectivity index (χ0n) is 11.2. The molecule has 0 spiro atoms. The molecule has 1 aromatic heterocycles. The molecule has 21 heavy (non-hydrogen) atoms. The predicted molar refractivity (Wildman–Crippen MR) is 77.0 cm³/mol. The van der Waals surface area contributed by atoms with E-state index in [-0.39, 0.29) is 11.9 Å². The van der Waals surface area contributed by atoms with E-state index in [0.717, 1.165) is 12.8 Å². The van der Waals surface area contributed by atoms with Gasteiger partial charge in [0.05, 0.1) is 11.6 Å². The zero-order chi connectivity index (χ0) is 14.7. The molecule has 6 nitrogen and oxygen atoms in total. The predicted octanol–water partition coefficient (Wildman–Crippen LogP) is 1.98. The van der Waals surface area contributed by atoms with Gasteiger partial charge >= 0.3 is 0 Å². The Balaban J connectivity index is 1.76. The van der Waals surface area contributed by atoms with Crippen molar-refractivity contribution in [3.05, 3.63) is 47.8 Å². The van der Waals surface area contributed by atoms with E-state index in [2.05, 4.69) is 26.7 Å². The first-order valence-electron chi connectivity index (χ1n) is 6.66. The van der Waals surface area contributed by atoms with Crippen LogP contribution in [0.1, 0.15) is 28.9 Å². The lowest BCUT2D eigenvalue weighted by molar-refractivity contribution is 0.0946. The van der Waals surface area contributed by atoms with Crippen LogP contribution in [0.15, 0.2) is 36.5 Å². The third-order valence-corrected chi connectivity index (χ3v) is 3.05. The Morgan fingerprint density at radius 2 is 2.19 bits per heavy atom. The summed E-state index contributed by atoms with van der Waals surface area (Å²) in [5, 5.41) is 14.7. The Hall–Kier alpha value is -2.94. The summed E-state index contributed by atoms with van der Waals surface area (Å²) >= 11 is 0. The lowest BCUT2D eigenvalue weighted by Crippen LogP contribution is -2.26. The van der Waals surface area contributed by atoms with Crippen LogP contribution < -0.4 is 10.6 Å². The Bertz CT molecular complexity index is 718. The van der Waals surface area contributed by atoms with Gasteiger partial charge in [0.1, 0.15) is 5.69 Å². The van der Waals surface area contributed by atoms with E-state index < -0.39 is 0 Å². The minimum atomic E-state index is -0.186. The minimum absolute atomic E-state index is 0.186. The minimum Gasteiger partial charge on any atom is -0.348 e. The van der Waals surface area contributed by atoms with E-state index in [9.17, 15) is 4.79 Å². The maximum Gasteiger partial charge on any atom is 0.270 e. The molecule has 2 N–H and O–H groups in total. The molecule has 1 amide bonds. The first kappa shape index (κ1) is 13.1. The molecular formula is C15H13N5O. The third-order valence-electron chi connectivity index (χ3n) is 3.05. The molecular weight excluding hydrogens is 266 g/mol. The first-order valence-corrected chi connectivity index (χ1v) is 6.66. The first-order chi connectivity index (χ1) is 10.2. The average molecular weight is 279 g/mol. The monoisotopic (exact) mass is 279 g/mol. The van der Waals surface area contributed by atoms with Gasteiger partial charge in [0.25, 0.3) is 5.91 Å². The normalized spacial score (nSPS) is 13.3. The van der Waals surface area contributed by atoms with E-state index in [4.69, 9.17) is 5.26 Å². The van der Waals surface area contributed by atoms with Crippen LogP contribution in [0.3, 0.4) is 0 Å². The van der Waals surface area contributed by atoms with Crippen LogP contribution in [0.4, 0.5) is 11.6 Å². The topological polar surface area (TPSA) is 90.7 Å². The molecule has 1 aliphatic carbocycles. The number of carbonyl (C=O) groups excluding carboxylic acids is 1. The summed E-state index contributed by atoms with van der Waals surface area (Å²) in [6.45, 7) is 0. The number of nitriles is 1. The van der Waals surface area contributed by atoms with Gasteiger partial charge < -0.3 is 10.6 Å². The quantitative estimate of drug-likeness (QED) is 0.893. The van der Waals surface area contributed by atoms with Crippen molar-refractivity contribution in [2.75, 3.05) is 5.32 Å². The Labute approximate surface area is 121 Å². The van der Waals surface area contributed by atoms with Gasteiger partial charge in [-0.2, -0.15) is 5.26 Å². The highest BCUT2D eigenvalue weighted by Gasteiger charge is 2.24. The van der Waals surface area contributed by atoms with Gasteiger partial charge in [-0.1, -0.05) is 6.07 Å². The number of amides is 1. The molecule has 0 aliphatic heterocycles. The van der Waals surface area contributed by atoms with Crippen LogP contribution >= 0.6 is 0 Å². The van der Waals surface area contributed by atoms with Gasteiger partial charge in [-0.05, 0) is 37.1 Å². The van der Waals surface area contributed by atoms with E-state index in [0.29, 0.717) is 22.9 Å². The number of benzene rings is 1. The number of hydrogen-bond donors (Lipinski definition) is 2. The van der Waals surface area contributed by atoms with E-state index in [1.165, 1.54) is 6.20 Å². The number of rotatable bonds is 4. The van der Waals surface area contributed by atoms with E-state index >= 15 is 0 Å². The number of anilines is 2. The maximum atomic E-state index is 11.9. The van der Waals surface area contributed by atoms with Crippen LogP contribution in [0.2, 0.25) is 0 Å². The Morgan fingerprint density at radius 1 is 1.33 bits per heavy atom. The van der Waals surface area contributed by atoms with Gasteiger partial charge in [-0.25, -0.2) is 9.97 Å². The molecule has 6 heteroatoms. The molecule has 104 valence electrons. The Morgan fingerprint density at radius 3 is 2.95 bits per heavy atom. The van der Waals surface area contributed by atoms with Crippen molar-refractivity contribution in [3.63, 3.8) is 0 Å². The second-order valence-corrected chi connectivity index (χ2v) is 4.83. The summed E-state index contributed by atoms with van der Waals surface area (Å²) < 4.78 is 0. The number of nitrogens with one attached hydrogen (secondary N) is 2. The largest absolute Gasteiger partial charge is 0.348 e. The Kier molecular flexibility index (Phi) is 3.48. The standard InChI is InChI=1S/C15H13N5O/c16-9-10-2-1-3-12(8-10)19-15-17-7-6-13(20-15)14(21)18-11-4-5-11/h1-3,6-8,11H,4-5H2,(H,18,21)(H,17,19,20). The van der Waals surface area contributed by atoms with Crippen molar-refractivity contribution in [1.82, 2.24) is 15.3 Å². The summed E-state index contributed by atoms with van der Waals surface area (Å²) in [6.07, 6.45) is 3.59. The van der Waals surface area contributed by atoms with Gasteiger partial charge in [-0.3, -0.25) is 4.79 Å². The molecule has 0 saturated heterocycles. The number of hydrogen-bond acceptors (Lipinski definition) is 5. The fraction of sp³-hybridized carbons (Fsp3) is 0.200. The fourth-order valence-corrected chi connectivity index (χ4v) is 1.83. The number of carbonyl (C=O) groups is 1. The summed E-state index contributed by atoms with van der Waals surface area (Å²) in [5.74, 6) is 0.141. The average Bonchev–Trinajstić information content (AvgIpc) is 3.31. The molecule has 0 radical (unpaired) electrons. The molecule has 1 aromatic carbocycles. The molecule has 3 rings (SSSR count). The van der Waals surface area contributed by atoms with Crippen LogP contribution in [-0.2, 0) is 0 Å². The molecule has 1 saturated carbocycles. The lowest BCUT2D eigenvalue weighted by atomic mass is 10.2. The molecule has 1 heterocycles. The van der Waals surface area contributed by atoms with Crippen molar-refractivity contribution < 1.29 is 4.79 Å². The smallest absolute Gasteiger partial charge is 0.270 e. The lowest BCUT2D eigenvalue weighted by Gasteiger charge is -2.07. The van der Waals surface area contributed by atoms with Crippen LogP contribution in [-0.4, -0.2) is 21.9 Å². The van der Waals surface area contributed by atoms with Gasteiger partial charge in [0, 0.05) is 17.9 Å². The highest BCUT2D eigenvalue weighted by Crippen LogP contribution is 2.19. The zero-order valence-corrected chi connectivity index (χ0v) is 11.2. The van der Waals surface area contributed by atoms with Crippen molar-refractivity contribution in [3.8, 4) is 6.07 Å². The van der Waals surface area contributed by atoms with Crippen molar-refractivity contribution in [2.45, 2.75) is 18.9 Å². The van der Waals surface area contributed by atoms with Crippen molar-refractivity contribution in [1.29, 1.82) is 5.26 Å². The van der Waals surface area contributed by atoms with E-state index in [1.54, 1.807) is 30.3 Å². The SMILES string of the molecule is N#Cc1cccc(Nc2nccc(C(=O)NC3CC3)n2)c1. The van der Waals surface area contributed by atoms with Crippen LogP contribution in [0.25, 0.3) is 0 Å². The molecule has 0 atom stereocenters. The maximum absolute atomic E-state index is 11.9. The van der Waals surface area contributed by atoms with Crippen molar-refractivity contribution >= 4 is 17.5 Å². The van der Waals surface area contributed by atoms with Crippen LogP contribution in [0, 0.1) is 11.3 Å². The van der Waals surface area contributed by atoms with Crippen LogP contribution in [0.5, 0.6) is 0 Å². The van der Waals surface area contributed by atoms with Gasteiger partial charge in [0.2, 0.25) is 5.95 Å². The molecule has 0 bridgehead atoms. The number of aromatic nitrogens is 2. The summed E-state index contributed by atoms with van der Waals surface area (Å²) in [5.41, 5.74) is 1.58. The molecule has 2 aromatic rings. The summed E-state index contributed by atoms with van der Waals surface area (Å²) in [7, 11) is 0. The summed E-state index contributed by atoms with van der Waals surface area (Å²) in [6, 6.07) is 10.9. The number of nitrogens with zero attached hydrogens (tertiary/aromatic N) is 3. The van der Waals surface area contributed by atoms with Gasteiger partial charge in [-0.15, -0.1) is 0 Å². The summed E-state index contributed by atoms with van der Waals surface area (Å²) in [4.78, 5) is 20.2. The van der Waals surface area contributed by atoms with Gasteiger partial charge in [0.15, 0.2) is 0 Å². The second kappa shape index (κ2) is 5.59. The van der Waals surface area contributed by atoms with Crippen molar-refractivity contribution in [2.24, 2.45) is 0 Å². The highest BCUT2D eigenvalue weighted by molar-refractivity contribution is 5.92. The van der Waals surface area contributed by atoms with E-state index in [1.807, 2.05) is 0 Å². The fourth-order valence-electron chi connectivity index (χ4n) is 1.83. The highest BCUT2D eigenvalue weighted by atomic mass is 16.2. The second-order valence-electron chi connectivity index (χ2n) is 4.83. The molecule has 0 unspecified atom stereocenters.